The monoisotopic (exact) mass is 412 g/mol. The van der Waals surface area contributed by atoms with Crippen LogP contribution in [0.1, 0.15) is 21.5 Å². The first kappa shape index (κ1) is 18.1. The van der Waals surface area contributed by atoms with Crippen LogP contribution in [0.3, 0.4) is 0 Å². The molecule has 0 N–H and O–H groups in total. The van der Waals surface area contributed by atoms with E-state index in [1.165, 1.54) is 11.6 Å². The van der Waals surface area contributed by atoms with Gasteiger partial charge in [-0.1, -0.05) is 69.0 Å². The Morgan fingerprint density at radius 3 is 2.48 bits per heavy atom. The summed E-state index contributed by atoms with van der Waals surface area (Å²) in [7, 11) is 0. The Morgan fingerprint density at radius 1 is 1.17 bits per heavy atom. The van der Waals surface area contributed by atoms with Crippen LogP contribution < -0.4 is 0 Å². The van der Waals surface area contributed by atoms with Gasteiger partial charge in [-0.3, -0.25) is 0 Å². The maximum atomic E-state index is 12.0. The number of allylic oxidation sites excluding steroid dienone is 1. The lowest BCUT2D eigenvalue weighted by Crippen LogP contribution is -2.06. The molecule has 0 amide bonds. The highest BCUT2D eigenvalue weighted by atomic mass is 79.9. The summed E-state index contributed by atoms with van der Waals surface area (Å²) in [4.78, 5) is 12.0. The summed E-state index contributed by atoms with van der Waals surface area (Å²) in [5.74, 6) is -0.472. The van der Waals surface area contributed by atoms with E-state index in [2.05, 4.69) is 15.9 Å². The van der Waals surface area contributed by atoms with Crippen LogP contribution in [0.25, 0.3) is 5.57 Å². The molecular formula is C18H15BrCl2O2. The van der Waals surface area contributed by atoms with Gasteiger partial charge in [0.25, 0.3) is 0 Å². The zero-order valence-corrected chi connectivity index (χ0v) is 15.6. The van der Waals surface area contributed by atoms with Gasteiger partial charge in [-0.05, 0) is 42.3 Å². The number of carbonyl (C=O) groups is 1. The summed E-state index contributed by atoms with van der Waals surface area (Å²) in [6, 6.07) is 12.9. The lowest BCUT2D eigenvalue weighted by atomic mass is 10.1. The number of halogens is 3. The van der Waals surface area contributed by atoms with E-state index in [0.29, 0.717) is 15.9 Å². The third-order valence-electron chi connectivity index (χ3n) is 3.26. The second kappa shape index (κ2) is 8.53. The zero-order chi connectivity index (χ0) is 16.8. The van der Waals surface area contributed by atoms with Crippen molar-refractivity contribution in [1.29, 1.82) is 0 Å². The number of carbonyl (C=O) groups excluding carboxylic acids is 1. The first-order valence-corrected chi connectivity index (χ1v) is 8.83. The Kier molecular flexibility index (Phi) is 6.70. The lowest BCUT2D eigenvalue weighted by Gasteiger charge is -2.07. The Bertz CT molecular complexity index is 724. The molecule has 0 radical (unpaired) electrons. The molecule has 0 aliphatic carbocycles. The molecule has 0 aliphatic heterocycles. The van der Waals surface area contributed by atoms with Crippen molar-refractivity contribution < 1.29 is 9.53 Å². The molecule has 2 aromatic rings. The van der Waals surface area contributed by atoms with E-state index in [-0.39, 0.29) is 11.6 Å². The largest absolute Gasteiger partial charge is 0.458 e. The minimum atomic E-state index is -0.472. The molecule has 0 heterocycles. The molecule has 0 fully saturated rings. The van der Waals surface area contributed by atoms with Crippen LogP contribution in [0.2, 0.25) is 10.0 Å². The van der Waals surface area contributed by atoms with Crippen molar-refractivity contribution in [3.05, 3.63) is 75.3 Å². The predicted molar refractivity (Wildman–Crippen MR) is 99.7 cm³/mol. The van der Waals surface area contributed by atoms with E-state index in [1.807, 2.05) is 37.3 Å². The normalized spacial score (nSPS) is 11.4. The summed E-state index contributed by atoms with van der Waals surface area (Å²) in [5, 5.41) is 1.44. The van der Waals surface area contributed by atoms with Crippen LogP contribution in [-0.4, -0.2) is 17.9 Å². The lowest BCUT2D eigenvalue weighted by molar-refractivity contribution is 0.0550. The molecule has 120 valence electrons. The Balaban J connectivity index is 2.04. The van der Waals surface area contributed by atoms with E-state index >= 15 is 0 Å². The van der Waals surface area contributed by atoms with Gasteiger partial charge >= 0.3 is 5.97 Å². The van der Waals surface area contributed by atoms with Gasteiger partial charge in [0.15, 0.2) is 0 Å². The highest BCUT2D eigenvalue weighted by Crippen LogP contribution is 2.22. The number of alkyl halides is 1. The quantitative estimate of drug-likeness (QED) is 0.448. The SMILES string of the molecule is Cc1ccc(C(=CCOC(=O)c2ccc(Cl)cc2Cl)CBr)cc1. The van der Waals surface area contributed by atoms with Gasteiger partial charge in [0.2, 0.25) is 0 Å². The van der Waals surface area contributed by atoms with Gasteiger partial charge in [-0.2, -0.15) is 0 Å². The van der Waals surface area contributed by atoms with E-state index in [1.54, 1.807) is 12.1 Å². The molecule has 0 atom stereocenters. The second-order valence-electron chi connectivity index (χ2n) is 4.95. The van der Waals surface area contributed by atoms with Crippen molar-refractivity contribution in [3.8, 4) is 0 Å². The van der Waals surface area contributed by atoms with Gasteiger partial charge in [-0.25, -0.2) is 4.79 Å². The van der Waals surface area contributed by atoms with Gasteiger partial charge in [0.1, 0.15) is 6.61 Å². The number of rotatable bonds is 5. The zero-order valence-electron chi connectivity index (χ0n) is 12.5. The standard InChI is InChI=1S/C18H15BrCl2O2/c1-12-2-4-13(5-3-12)14(11-19)8-9-23-18(22)16-7-6-15(20)10-17(16)21/h2-8,10H,9,11H2,1H3. The van der Waals surface area contributed by atoms with Crippen molar-refractivity contribution in [3.63, 3.8) is 0 Å². The highest BCUT2D eigenvalue weighted by Gasteiger charge is 2.11. The fourth-order valence-corrected chi connectivity index (χ4v) is 3.01. The predicted octanol–water partition coefficient (Wildman–Crippen LogP) is 5.94. The Labute approximate surface area is 154 Å². The fraction of sp³-hybridized carbons (Fsp3) is 0.167. The average molecular weight is 414 g/mol. The Hall–Kier alpha value is -1.29. The van der Waals surface area contributed by atoms with Crippen molar-refractivity contribution in [1.82, 2.24) is 0 Å². The third kappa shape index (κ3) is 5.10. The molecule has 0 unspecified atom stereocenters. The minimum absolute atomic E-state index is 0.173. The smallest absolute Gasteiger partial charge is 0.339 e. The molecule has 5 heteroatoms. The number of benzene rings is 2. The van der Waals surface area contributed by atoms with Crippen LogP contribution in [0.5, 0.6) is 0 Å². The molecule has 0 spiro atoms. The minimum Gasteiger partial charge on any atom is -0.458 e. The molecule has 0 aliphatic rings. The molecule has 2 nitrogen and oxygen atoms in total. The number of hydrogen-bond acceptors (Lipinski definition) is 2. The summed E-state index contributed by atoms with van der Waals surface area (Å²) in [5.41, 5.74) is 3.65. The van der Waals surface area contributed by atoms with Crippen LogP contribution in [-0.2, 0) is 4.74 Å². The molecule has 0 saturated carbocycles. The maximum Gasteiger partial charge on any atom is 0.339 e. The first-order valence-electron chi connectivity index (χ1n) is 6.95. The van der Waals surface area contributed by atoms with Gasteiger partial charge in [0.05, 0.1) is 10.6 Å². The third-order valence-corrected chi connectivity index (χ3v) is 4.41. The fourth-order valence-electron chi connectivity index (χ4n) is 1.97. The van der Waals surface area contributed by atoms with E-state index < -0.39 is 5.97 Å². The summed E-state index contributed by atoms with van der Waals surface area (Å²) < 4.78 is 5.26. The molecule has 2 rings (SSSR count). The topological polar surface area (TPSA) is 26.3 Å². The van der Waals surface area contributed by atoms with Crippen LogP contribution in [0, 0.1) is 6.92 Å². The molecule has 23 heavy (non-hydrogen) atoms. The number of ether oxygens (including phenoxy) is 1. The molecular weight excluding hydrogens is 399 g/mol. The molecule has 0 bridgehead atoms. The molecule has 0 saturated heterocycles. The van der Waals surface area contributed by atoms with Crippen LogP contribution in [0.4, 0.5) is 0 Å². The number of aryl methyl sites for hydroxylation is 1. The van der Waals surface area contributed by atoms with E-state index in [4.69, 9.17) is 27.9 Å². The average Bonchev–Trinajstić information content (AvgIpc) is 2.52. The summed E-state index contributed by atoms with van der Waals surface area (Å²) in [6.07, 6.45) is 1.88. The van der Waals surface area contributed by atoms with Crippen molar-refractivity contribution in [2.45, 2.75) is 6.92 Å². The van der Waals surface area contributed by atoms with Gasteiger partial charge in [-0.15, -0.1) is 0 Å². The van der Waals surface area contributed by atoms with Gasteiger partial charge in [0, 0.05) is 10.4 Å². The van der Waals surface area contributed by atoms with E-state index in [0.717, 1.165) is 11.1 Å². The summed E-state index contributed by atoms with van der Waals surface area (Å²) in [6.45, 7) is 2.21. The van der Waals surface area contributed by atoms with Crippen molar-refractivity contribution in [2.24, 2.45) is 0 Å². The summed E-state index contributed by atoms with van der Waals surface area (Å²) >= 11 is 15.3. The highest BCUT2D eigenvalue weighted by molar-refractivity contribution is 9.09. The second-order valence-corrected chi connectivity index (χ2v) is 6.36. The van der Waals surface area contributed by atoms with Crippen molar-refractivity contribution in [2.75, 3.05) is 11.9 Å². The van der Waals surface area contributed by atoms with Gasteiger partial charge < -0.3 is 4.74 Å². The van der Waals surface area contributed by atoms with Crippen LogP contribution >= 0.6 is 39.1 Å². The van der Waals surface area contributed by atoms with E-state index in [9.17, 15) is 4.79 Å². The van der Waals surface area contributed by atoms with Crippen molar-refractivity contribution >= 4 is 50.7 Å². The Morgan fingerprint density at radius 2 is 1.87 bits per heavy atom. The first-order chi connectivity index (χ1) is 11.0. The molecule has 0 aromatic heterocycles. The molecule has 2 aromatic carbocycles. The van der Waals surface area contributed by atoms with Crippen LogP contribution in [0.15, 0.2) is 48.5 Å². The number of hydrogen-bond donors (Lipinski definition) is 0. The number of esters is 1. The maximum absolute atomic E-state index is 12.0.